The summed E-state index contributed by atoms with van der Waals surface area (Å²) in [6.07, 6.45) is 2.93. The molecule has 1 atom stereocenters. The Hall–Kier alpha value is -4.51. The van der Waals surface area contributed by atoms with Crippen LogP contribution in [0.25, 0.3) is 0 Å². The van der Waals surface area contributed by atoms with Crippen molar-refractivity contribution in [3.05, 3.63) is 77.0 Å². The first-order valence-corrected chi connectivity index (χ1v) is 12.3. The van der Waals surface area contributed by atoms with E-state index in [4.69, 9.17) is 4.74 Å². The zero-order valence-electron chi connectivity index (χ0n) is 20.9. The van der Waals surface area contributed by atoms with Gasteiger partial charge >= 0.3 is 5.97 Å². The normalized spacial score (nSPS) is 16.1. The van der Waals surface area contributed by atoms with Gasteiger partial charge in [-0.25, -0.2) is 9.78 Å². The molecule has 2 aromatic carbocycles. The zero-order valence-corrected chi connectivity index (χ0v) is 20.9. The number of aliphatic hydroxyl groups is 1. The number of nitrogens with one attached hydrogen (secondary N) is 4. The highest BCUT2D eigenvalue weighted by molar-refractivity contribution is 6.00. The van der Waals surface area contributed by atoms with E-state index in [1.54, 1.807) is 18.2 Å². The van der Waals surface area contributed by atoms with Crippen LogP contribution in [0.5, 0.6) is 0 Å². The Labute approximate surface area is 219 Å². The van der Waals surface area contributed by atoms with Crippen LogP contribution in [0, 0.1) is 5.92 Å². The molecule has 1 aliphatic heterocycles. The second-order valence-electron chi connectivity index (χ2n) is 9.75. The number of carbonyl (C=O) groups excluding carboxylic acids is 3. The number of amides is 2. The van der Waals surface area contributed by atoms with Crippen LogP contribution in [0.4, 0.5) is 17.5 Å². The van der Waals surface area contributed by atoms with Crippen LogP contribution in [0.3, 0.4) is 0 Å². The van der Waals surface area contributed by atoms with Crippen LogP contribution in [0.1, 0.15) is 64.6 Å². The van der Waals surface area contributed by atoms with Gasteiger partial charge in [-0.05, 0) is 50.5 Å². The molecule has 5 N–H and O–H groups in total. The molecular weight excluding hydrogens is 488 g/mol. The lowest BCUT2D eigenvalue weighted by Crippen LogP contribution is -2.42. The van der Waals surface area contributed by atoms with Crippen molar-refractivity contribution in [1.29, 1.82) is 0 Å². The van der Waals surface area contributed by atoms with Gasteiger partial charge in [-0.3, -0.25) is 20.4 Å². The maximum absolute atomic E-state index is 12.9. The quantitative estimate of drug-likeness (QED) is 0.224. The number of hydrogen-bond acceptors (Lipinski definition) is 9. The molecule has 0 spiro atoms. The van der Waals surface area contributed by atoms with Gasteiger partial charge in [0.05, 0.1) is 18.2 Å². The Balaban J connectivity index is 1.42. The fraction of sp³-hybridized carbons (Fsp3) is 0.296. The van der Waals surface area contributed by atoms with Crippen molar-refractivity contribution in [1.82, 2.24) is 20.8 Å². The molecule has 196 valence electrons. The average Bonchev–Trinajstić information content (AvgIpc) is 3.73. The summed E-state index contributed by atoms with van der Waals surface area (Å²) in [5, 5.41) is 16.3. The highest BCUT2D eigenvalue weighted by Crippen LogP contribution is 2.37. The van der Waals surface area contributed by atoms with Gasteiger partial charge in [0.1, 0.15) is 17.0 Å². The number of esters is 1. The van der Waals surface area contributed by atoms with Crippen molar-refractivity contribution >= 4 is 35.2 Å². The molecule has 1 aromatic heterocycles. The number of rotatable bonds is 8. The summed E-state index contributed by atoms with van der Waals surface area (Å²) in [5.74, 6) is -0.966. The number of fused-ring (bicyclic) bond motifs is 1. The van der Waals surface area contributed by atoms with Gasteiger partial charge in [0.2, 0.25) is 11.9 Å². The molecule has 11 heteroatoms. The van der Waals surface area contributed by atoms with Crippen LogP contribution < -0.4 is 21.5 Å². The number of benzene rings is 2. The monoisotopic (exact) mass is 516 g/mol. The third-order valence-electron chi connectivity index (χ3n) is 6.47. The maximum atomic E-state index is 12.9. The van der Waals surface area contributed by atoms with E-state index in [0.717, 1.165) is 24.0 Å². The topological polar surface area (TPSA) is 155 Å². The van der Waals surface area contributed by atoms with E-state index < -0.39 is 17.6 Å². The number of aromatic nitrogens is 2. The minimum atomic E-state index is -0.769. The summed E-state index contributed by atoms with van der Waals surface area (Å²) in [4.78, 5) is 45.8. The van der Waals surface area contributed by atoms with Crippen LogP contribution >= 0.6 is 0 Å². The van der Waals surface area contributed by atoms with Crippen LogP contribution in [0.15, 0.2) is 54.7 Å². The first kappa shape index (κ1) is 25.2. The number of aliphatic hydroxyl groups excluding tert-OH is 1. The minimum Gasteiger partial charge on any atom is -0.451 e. The fourth-order valence-corrected chi connectivity index (χ4v) is 4.21. The van der Waals surface area contributed by atoms with Gasteiger partial charge in [-0.1, -0.05) is 30.3 Å². The van der Waals surface area contributed by atoms with Crippen molar-refractivity contribution in [3.8, 4) is 0 Å². The molecule has 1 saturated carbocycles. The van der Waals surface area contributed by atoms with Crippen molar-refractivity contribution < 1.29 is 24.2 Å². The highest BCUT2D eigenvalue weighted by atomic mass is 16.6. The average molecular weight is 517 g/mol. The summed E-state index contributed by atoms with van der Waals surface area (Å²) in [6.45, 7) is 3.37. The van der Waals surface area contributed by atoms with Gasteiger partial charge in [-0.15, -0.1) is 0 Å². The van der Waals surface area contributed by atoms with Crippen LogP contribution in [0.2, 0.25) is 0 Å². The van der Waals surface area contributed by atoms with E-state index in [0.29, 0.717) is 11.3 Å². The summed E-state index contributed by atoms with van der Waals surface area (Å²) in [6, 6.07) is 13.9. The Morgan fingerprint density at radius 1 is 1.13 bits per heavy atom. The molecular formula is C27H28N6O5. The van der Waals surface area contributed by atoms with E-state index in [1.165, 1.54) is 6.20 Å². The number of anilines is 3. The summed E-state index contributed by atoms with van der Waals surface area (Å²) in [5.41, 5.74) is 6.80. The second-order valence-corrected chi connectivity index (χ2v) is 9.75. The van der Waals surface area contributed by atoms with Crippen molar-refractivity contribution in [3.63, 3.8) is 0 Å². The van der Waals surface area contributed by atoms with E-state index in [9.17, 15) is 19.5 Å². The second kappa shape index (κ2) is 10.1. The number of hydrogen-bond donors (Lipinski definition) is 5. The third kappa shape index (κ3) is 5.28. The molecule has 2 amide bonds. The van der Waals surface area contributed by atoms with Gasteiger partial charge in [0, 0.05) is 23.4 Å². The Bertz CT molecular complexity index is 1390. The maximum Gasteiger partial charge on any atom is 0.339 e. The third-order valence-corrected chi connectivity index (χ3v) is 6.47. The van der Waals surface area contributed by atoms with Gasteiger partial charge in [0.15, 0.2) is 0 Å². The number of hydrazine groups is 1. The Morgan fingerprint density at radius 2 is 1.89 bits per heavy atom. The van der Waals surface area contributed by atoms with Gasteiger partial charge < -0.3 is 20.5 Å². The van der Waals surface area contributed by atoms with E-state index in [-0.39, 0.29) is 41.7 Å². The molecule has 5 rings (SSSR count). The molecule has 3 aromatic rings. The molecule has 0 radical (unpaired) electrons. The number of carbonyl (C=O) groups is 3. The minimum absolute atomic E-state index is 0.0782. The lowest BCUT2D eigenvalue weighted by atomic mass is 9.95. The number of cyclic esters (lactones) is 1. The molecule has 1 aliphatic carbocycles. The van der Waals surface area contributed by atoms with Crippen molar-refractivity contribution in [2.75, 3.05) is 17.2 Å². The standard InChI is InChI=1S/C27H28N6O5/c1-27(2)20-12-17(10-11-18(20)25(37)38-27)29-26-28-13-19(24(36)33-32-23(35)16-8-9-16)22(31-26)30-21(14-34)15-6-4-3-5-7-15/h3-7,10-13,16,21,34H,8-9,14H2,1-2H3,(H,32,35)(H,33,36)(H2,28,29,30,31)/t21-/m1/s1. The number of nitrogens with zero attached hydrogens (tertiary/aromatic N) is 2. The zero-order chi connectivity index (χ0) is 26.9. The van der Waals surface area contributed by atoms with Gasteiger partial charge in [-0.2, -0.15) is 4.98 Å². The lowest BCUT2D eigenvalue weighted by molar-refractivity contribution is -0.123. The largest absolute Gasteiger partial charge is 0.451 e. The fourth-order valence-electron chi connectivity index (χ4n) is 4.21. The molecule has 0 unspecified atom stereocenters. The first-order chi connectivity index (χ1) is 18.2. The smallest absolute Gasteiger partial charge is 0.339 e. The molecule has 11 nitrogen and oxygen atoms in total. The highest BCUT2D eigenvalue weighted by Gasteiger charge is 2.37. The number of ether oxygens (including phenoxy) is 1. The summed E-state index contributed by atoms with van der Waals surface area (Å²) >= 11 is 0. The summed E-state index contributed by atoms with van der Waals surface area (Å²) < 4.78 is 5.44. The predicted octanol–water partition coefficient (Wildman–Crippen LogP) is 2.94. The molecule has 0 saturated heterocycles. The first-order valence-electron chi connectivity index (χ1n) is 12.3. The van der Waals surface area contributed by atoms with E-state index in [1.807, 2.05) is 44.2 Å². The predicted molar refractivity (Wildman–Crippen MR) is 138 cm³/mol. The lowest BCUT2D eigenvalue weighted by Gasteiger charge is -2.20. The molecule has 0 bridgehead atoms. The molecule has 2 heterocycles. The summed E-state index contributed by atoms with van der Waals surface area (Å²) in [7, 11) is 0. The molecule has 38 heavy (non-hydrogen) atoms. The SMILES string of the molecule is CC1(C)OC(=O)c2ccc(Nc3ncc(C(=O)NNC(=O)C4CC4)c(N[C@H](CO)c4ccccc4)n3)cc21. The van der Waals surface area contributed by atoms with Crippen LogP contribution in [-0.4, -0.2) is 39.5 Å². The van der Waals surface area contributed by atoms with Gasteiger partial charge in [0.25, 0.3) is 5.91 Å². The van der Waals surface area contributed by atoms with E-state index >= 15 is 0 Å². The Morgan fingerprint density at radius 3 is 2.61 bits per heavy atom. The van der Waals surface area contributed by atoms with Crippen LogP contribution in [-0.2, 0) is 15.1 Å². The molecule has 1 fully saturated rings. The van der Waals surface area contributed by atoms with E-state index in [2.05, 4.69) is 31.5 Å². The van der Waals surface area contributed by atoms with Crippen molar-refractivity contribution in [2.24, 2.45) is 5.92 Å². The van der Waals surface area contributed by atoms with Crippen molar-refractivity contribution in [2.45, 2.75) is 38.3 Å². The Kier molecular flexibility index (Phi) is 6.68. The molecule has 2 aliphatic rings.